The van der Waals surface area contributed by atoms with Crippen LogP contribution in [-0.2, 0) is 14.8 Å². The first-order chi connectivity index (χ1) is 8.33. The van der Waals surface area contributed by atoms with E-state index in [1.165, 1.54) is 16.1 Å². The largest absolute Gasteiger partial charge is 0.480 e. The maximum absolute atomic E-state index is 12.4. The first-order valence-corrected chi connectivity index (χ1v) is 8.84. The number of nitrogens with zero attached hydrogens (tertiary/aromatic N) is 1. The quantitative estimate of drug-likeness (QED) is 0.824. The van der Waals surface area contributed by atoms with Crippen molar-refractivity contribution in [2.45, 2.75) is 38.1 Å². The Bertz CT molecular complexity index is 430. The zero-order chi connectivity index (χ0) is 13.5. The van der Waals surface area contributed by atoms with Crippen LogP contribution >= 0.6 is 11.8 Å². The van der Waals surface area contributed by atoms with Gasteiger partial charge in [-0.15, -0.1) is 11.8 Å². The summed E-state index contributed by atoms with van der Waals surface area (Å²) in [6, 6.07) is -0.897. The molecule has 2 unspecified atom stereocenters. The minimum absolute atomic E-state index is 0.112. The summed E-state index contributed by atoms with van der Waals surface area (Å²) < 4.78 is 26.0. The smallest absolute Gasteiger partial charge is 0.322 e. The van der Waals surface area contributed by atoms with Crippen LogP contribution in [0.15, 0.2) is 0 Å². The van der Waals surface area contributed by atoms with Gasteiger partial charge in [0.05, 0.1) is 11.1 Å². The minimum Gasteiger partial charge on any atom is -0.480 e. The Morgan fingerprint density at radius 2 is 2.06 bits per heavy atom. The van der Waals surface area contributed by atoms with Crippen LogP contribution in [0.3, 0.4) is 0 Å². The molecular formula is C11H19NO4S2. The topological polar surface area (TPSA) is 74.7 Å². The van der Waals surface area contributed by atoms with Crippen molar-refractivity contribution in [2.75, 3.05) is 11.5 Å². The lowest BCUT2D eigenvalue weighted by molar-refractivity contribution is -0.140. The van der Waals surface area contributed by atoms with Crippen molar-refractivity contribution in [3.8, 4) is 0 Å². The Hall–Kier alpha value is -0.270. The second kappa shape index (κ2) is 5.02. The maximum Gasteiger partial charge on any atom is 0.322 e. The number of thioether (sulfide) groups is 1. The Morgan fingerprint density at radius 1 is 1.44 bits per heavy atom. The van der Waals surface area contributed by atoms with Crippen LogP contribution < -0.4 is 0 Å². The highest BCUT2D eigenvalue weighted by atomic mass is 32.2. The van der Waals surface area contributed by atoms with E-state index < -0.39 is 22.0 Å². The number of aliphatic carboxylic acids is 1. The molecule has 0 bridgehead atoms. The molecule has 5 nitrogen and oxygen atoms in total. The van der Waals surface area contributed by atoms with Crippen LogP contribution in [0.2, 0.25) is 0 Å². The molecule has 1 saturated carbocycles. The van der Waals surface area contributed by atoms with Crippen LogP contribution in [0.25, 0.3) is 0 Å². The number of hydrogen-bond donors (Lipinski definition) is 1. The molecule has 2 aliphatic rings. The third-order valence-electron chi connectivity index (χ3n) is 3.30. The molecule has 0 aromatic heterocycles. The molecule has 0 amide bonds. The number of sulfonamides is 1. The Labute approximate surface area is 112 Å². The second-order valence-corrected chi connectivity index (χ2v) is 8.44. The van der Waals surface area contributed by atoms with Crippen LogP contribution in [0.5, 0.6) is 0 Å². The average Bonchev–Trinajstić information content (AvgIpc) is 2.92. The number of carboxylic acids is 1. The fourth-order valence-electron chi connectivity index (χ4n) is 2.20. The van der Waals surface area contributed by atoms with Crippen molar-refractivity contribution in [1.29, 1.82) is 0 Å². The maximum atomic E-state index is 12.4. The molecular weight excluding hydrogens is 274 g/mol. The van der Waals surface area contributed by atoms with E-state index in [2.05, 4.69) is 0 Å². The van der Waals surface area contributed by atoms with Crippen LogP contribution in [0, 0.1) is 11.8 Å². The van der Waals surface area contributed by atoms with Crippen molar-refractivity contribution in [3.05, 3.63) is 0 Å². The van der Waals surface area contributed by atoms with Gasteiger partial charge in [-0.25, -0.2) is 8.42 Å². The lowest BCUT2D eigenvalue weighted by Crippen LogP contribution is -2.48. The summed E-state index contributed by atoms with van der Waals surface area (Å²) in [5, 5.41) is 8.94. The zero-order valence-electron chi connectivity index (χ0n) is 10.6. The van der Waals surface area contributed by atoms with Crippen molar-refractivity contribution in [3.63, 3.8) is 0 Å². The summed E-state index contributed by atoms with van der Waals surface area (Å²) in [6.45, 7) is 3.86. The first kappa shape index (κ1) is 14.1. The monoisotopic (exact) mass is 293 g/mol. The number of carbonyl (C=O) groups is 1. The highest BCUT2D eigenvalue weighted by Crippen LogP contribution is 2.39. The van der Waals surface area contributed by atoms with Crippen molar-refractivity contribution in [2.24, 2.45) is 11.8 Å². The summed E-state index contributed by atoms with van der Waals surface area (Å²) in [5.41, 5.74) is 0. The van der Waals surface area contributed by atoms with E-state index in [9.17, 15) is 18.3 Å². The van der Waals surface area contributed by atoms with Gasteiger partial charge in [0.25, 0.3) is 0 Å². The van der Waals surface area contributed by atoms with Gasteiger partial charge in [-0.05, 0) is 24.7 Å². The van der Waals surface area contributed by atoms with Gasteiger partial charge in [0.1, 0.15) is 6.04 Å². The summed E-state index contributed by atoms with van der Waals surface area (Å²) in [7, 11) is -3.45. The van der Waals surface area contributed by atoms with E-state index in [-0.39, 0.29) is 23.0 Å². The van der Waals surface area contributed by atoms with Crippen molar-refractivity contribution in [1.82, 2.24) is 4.31 Å². The number of carboxylic acid groups (broad SMARTS) is 1. The molecule has 0 aromatic carbocycles. The summed E-state index contributed by atoms with van der Waals surface area (Å²) in [6.07, 6.45) is 1.90. The van der Waals surface area contributed by atoms with Gasteiger partial charge in [0.15, 0.2) is 0 Å². The normalized spacial score (nSPS) is 29.9. The number of rotatable bonds is 5. The van der Waals surface area contributed by atoms with E-state index in [0.29, 0.717) is 5.75 Å². The fourth-order valence-corrected chi connectivity index (χ4v) is 6.45. The van der Waals surface area contributed by atoms with Gasteiger partial charge in [-0.3, -0.25) is 4.79 Å². The number of hydrogen-bond acceptors (Lipinski definition) is 4. The highest BCUT2D eigenvalue weighted by Gasteiger charge is 2.47. The molecule has 1 aliphatic heterocycles. The van der Waals surface area contributed by atoms with Crippen molar-refractivity contribution >= 4 is 27.8 Å². The molecule has 0 spiro atoms. The van der Waals surface area contributed by atoms with E-state index in [0.717, 1.165) is 12.8 Å². The van der Waals surface area contributed by atoms with E-state index >= 15 is 0 Å². The SMILES string of the molecule is CC(C)C1SCC(C(=O)O)N1S(=O)(=O)CC1CC1. The van der Waals surface area contributed by atoms with Crippen molar-refractivity contribution < 1.29 is 18.3 Å². The van der Waals surface area contributed by atoms with Gasteiger partial charge < -0.3 is 5.11 Å². The lowest BCUT2D eigenvalue weighted by Gasteiger charge is -2.28. The first-order valence-electron chi connectivity index (χ1n) is 6.18. The standard InChI is InChI=1S/C11H19NO4S2/c1-7(2)10-12(9(5-17-10)11(13)14)18(15,16)6-8-3-4-8/h7-10H,3-6H2,1-2H3,(H,13,14). The Balaban J connectivity index is 2.24. The molecule has 1 heterocycles. The zero-order valence-corrected chi connectivity index (χ0v) is 12.2. The molecule has 0 radical (unpaired) electrons. The molecule has 18 heavy (non-hydrogen) atoms. The van der Waals surface area contributed by atoms with Gasteiger partial charge >= 0.3 is 5.97 Å². The van der Waals surface area contributed by atoms with Gasteiger partial charge in [0, 0.05) is 5.75 Å². The molecule has 2 rings (SSSR count). The predicted octanol–water partition coefficient (Wildman–Crippen LogP) is 1.21. The average molecular weight is 293 g/mol. The summed E-state index contributed by atoms with van der Waals surface area (Å²) in [4.78, 5) is 11.2. The summed E-state index contributed by atoms with van der Waals surface area (Å²) >= 11 is 1.44. The molecule has 1 saturated heterocycles. The third kappa shape index (κ3) is 2.83. The fraction of sp³-hybridized carbons (Fsp3) is 0.909. The third-order valence-corrected chi connectivity index (χ3v) is 7.07. The van der Waals surface area contributed by atoms with Crippen LogP contribution in [-0.4, -0.2) is 46.7 Å². The van der Waals surface area contributed by atoms with E-state index in [1.807, 2.05) is 13.8 Å². The van der Waals surface area contributed by atoms with Gasteiger partial charge in [-0.2, -0.15) is 4.31 Å². The van der Waals surface area contributed by atoms with E-state index in [1.54, 1.807) is 0 Å². The van der Waals surface area contributed by atoms with Crippen LogP contribution in [0.4, 0.5) is 0 Å². The minimum atomic E-state index is -3.45. The lowest BCUT2D eigenvalue weighted by atomic mass is 10.2. The molecule has 1 N–H and O–H groups in total. The van der Waals surface area contributed by atoms with Gasteiger partial charge in [0.2, 0.25) is 10.0 Å². The molecule has 2 atom stereocenters. The highest BCUT2D eigenvalue weighted by molar-refractivity contribution is 8.01. The molecule has 1 aliphatic carbocycles. The summed E-state index contributed by atoms with van der Waals surface area (Å²) in [5.74, 6) is -0.218. The predicted molar refractivity (Wildman–Crippen MR) is 70.9 cm³/mol. The molecule has 104 valence electrons. The van der Waals surface area contributed by atoms with Gasteiger partial charge in [-0.1, -0.05) is 13.8 Å². The molecule has 7 heteroatoms. The van der Waals surface area contributed by atoms with Crippen LogP contribution in [0.1, 0.15) is 26.7 Å². The Morgan fingerprint density at radius 3 is 2.50 bits per heavy atom. The molecule has 2 fully saturated rings. The second-order valence-electron chi connectivity index (χ2n) is 5.37. The Kier molecular flexibility index (Phi) is 3.94. The molecule has 0 aromatic rings. The van der Waals surface area contributed by atoms with E-state index in [4.69, 9.17) is 0 Å².